The van der Waals surface area contributed by atoms with E-state index in [4.69, 9.17) is 14.2 Å². The normalized spacial score (nSPS) is 17.5. The Morgan fingerprint density at radius 3 is 1.97 bits per heavy atom. The first-order chi connectivity index (χ1) is 13.4. The van der Waals surface area contributed by atoms with Crippen LogP contribution >= 0.6 is 0 Å². The van der Waals surface area contributed by atoms with Crippen LogP contribution in [0, 0.1) is 0 Å². The fourth-order valence-corrected chi connectivity index (χ4v) is 2.84. The molecule has 1 fully saturated rings. The smallest absolute Gasteiger partial charge is 0.420 e. The molecule has 2 amide bonds. The molecule has 2 rings (SSSR count). The fourth-order valence-electron chi connectivity index (χ4n) is 2.84. The molecule has 1 N–H and O–H groups in total. The molecule has 1 aliphatic heterocycles. The first-order valence-corrected chi connectivity index (χ1v) is 10.1. The van der Waals surface area contributed by atoms with Crippen LogP contribution in [0.2, 0.25) is 0 Å². The molecule has 1 atom stereocenters. The molecule has 29 heavy (non-hydrogen) atoms. The summed E-state index contributed by atoms with van der Waals surface area (Å²) >= 11 is 0. The van der Waals surface area contributed by atoms with Gasteiger partial charge in [0.1, 0.15) is 11.2 Å². The standard InChI is InChI=1S/C22H34N2O5/c1-21(2,3)28-19(25)24(20(26)29-22(4,5)6)14-17-9-7-16(8-10-17)13-18-15-27-12-11-23-18/h7-10,18,23H,11-15H2,1-6H3. The van der Waals surface area contributed by atoms with Crippen molar-refractivity contribution < 1.29 is 23.8 Å². The highest BCUT2D eigenvalue weighted by atomic mass is 16.6. The van der Waals surface area contributed by atoms with Crippen LogP contribution in [0.5, 0.6) is 0 Å². The third kappa shape index (κ3) is 8.41. The lowest BCUT2D eigenvalue weighted by Gasteiger charge is -2.28. The van der Waals surface area contributed by atoms with Crippen LogP contribution in [0.15, 0.2) is 24.3 Å². The van der Waals surface area contributed by atoms with Gasteiger partial charge in [0.2, 0.25) is 0 Å². The molecule has 1 aromatic carbocycles. The van der Waals surface area contributed by atoms with E-state index in [-0.39, 0.29) is 6.54 Å². The summed E-state index contributed by atoms with van der Waals surface area (Å²) in [5, 5.41) is 3.43. The van der Waals surface area contributed by atoms with Crippen LogP contribution in [0.1, 0.15) is 52.7 Å². The number of nitrogens with zero attached hydrogens (tertiary/aromatic N) is 1. The van der Waals surface area contributed by atoms with Crippen LogP contribution in [0.25, 0.3) is 0 Å². The molecule has 1 saturated heterocycles. The van der Waals surface area contributed by atoms with Gasteiger partial charge in [0.05, 0.1) is 19.8 Å². The van der Waals surface area contributed by atoms with Crippen LogP contribution in [0.3, 0.4) is 0 Å². The molecule has 0 spiro atoms. The van der Waals surface area contributed by atoms with Gasteiger partial charge in [-0.25, -0.2) is 14.5 Å². The SMILES string of the molecule is CC(C)(C)OC(=O)N(Cc1ccc(CC2COCCN2)cc1)C(=O)OC(C)(C)C. The molecular weight excluding hydrogens is 372 g/mol. The van der Waals surface area contributed by atoms with Gasteiger partial charge in [0.15, 0.2) is 0 Å². The van der Waals surface area contributed by atoms with Gasteiger partial charge in [-0.1, -0.05) is 24.3 Å². The maximum absolute atomic E-state index is 12.6. The van der Waals surface area contributed by atoms with Crippen LogP contribution < -0.4 is 5.32 Å². The zero-order valence-corrected chi connectivity index (χ0v) is 18.4. The van der Waals surface area contributed by atoms with E-state index < -0.39 is 23.4 Å². The number of amides is 2. The number of nitrogens with one attached hydrogen (secondary N) is 1. The first-order valence-electron chi connectivity index (χ1n) is 10.1. The van der Waals surface area contributed by atoms with Gasteiger partial charge in [-0.3, -0.25) is 0 Å². The Bertz CT molecular complexity index is 655. The number of imide groups is 1. The zero-order chi connectivity index (χ0) is 21.7. The Morgan fingerprint density at radius 1 is 1.00 bits per heavy atom. The number of morpholine rings is 1. The lowest BCUT2D eigenvalue weighted by Crippen LogP contribution is -2.43. The minimum Gasteiger partial charge on any atom is -0.443 e. The molecule has 0 saturated carbocycles. The average molecular weight is 407 g/mol. The maximum Gasteiger partial charge on any atom is 0.420 e. The maximum atomic E-state index is 12.6. The van der Waals surface area contributed by atoms with Crippen molar-refractivity contribution >= 4 is 12.2 Å². The molecular formula is C22H34N2O5. The van der Waals surface area contributed by atoms with E-state index in [0.717, 1.165) is 35.6 Å². The molecule has 7 nitrogen and oxygen atoms in total. The largest absolute Gasteiger partial charge is 0.443 e. The van der Waals surface area contributed by atoms with Crippen LogP contribution in [-0.4, -0.2) is 54.1 Å². The third-order valence-electron chi connectivity index (χ3n) is 4.07. The third-order valence-corrected chi connectivity index (χ3v) is 4.07. The summed E-state index contributed by atoms with van der Waals surface area (Å²) in [6.45, 7) is 13.0. The van der Waals surface area contributed by atoms with Gasteiger partial charge in [0, 0.05) is 12.6 Å². The number of carbonyl (C=O) groups excluding carboxylic acids is 2. The second kappa shape index (κ2) is 9.59. The van der Waals surface area contributed by atoms with Gasteiger partial charge in [-0.05, 0) is 59.1 Å². The van der Waals surface area contributed by atoms with Crippen molar-refractivity contribution in [3.05, 3.63) is 35.4 Å². The summed E-state index contributed by atoms with van der Waals surface area (Å²) < 4.78 is 16.3. The highest BCUT2D eigenvalue weighted by Crippen LogP contribution is 2.18. The van der Waals surface area contributed by atoms with Crippen molar-refractivity contribution in [2.75, 3.05) is 19.8 Å². The molecule has 1 heterocycles. The number of benzene rings is 1. The molecule has 1 aromatic rings. The van der Waals surface area contributed by atoms with E-state index >= 15 is 0 Å². The number of carbonyl (C=O) groups is 2. The lowest BCUT2D eigenvalue weighted by molar-refractivity contribution is -0.000247. The van der Waals surface area contributed by atoms with Crippen molar-refractivity contribution in [3.63, 3.8) is 0 Å². The van der Waals surface area contributed by atoms with E-state index in [2.05, 4.69) is 5.32 Å². The van der Waals surface area contributed by atoms with Crippen LogP contribution in [-0.2, 0) is 27.2 Å². The highest BCUT2D eigenvalue weighted by Gasteiger charge is 2.31. The summed E-state index contributed by atoms with van der Waals surface area (Å²) in [6, 6.07) is 8.15. The van der Waals surface area contributed by atoms with Crippen molar-refractivity contribution in [1.29, 1.82) is 0 Å². The Morgan fingerprint density at radius 2 is 1.52 bits per heavy atom. The molecule has 0 radical (unpaired) electrons. The quantitative estimate of drug-likeness (QED) is 0.817. The Kier molecular flexibility index (Phi) is 7.66. The summed E-state index contributed by atoms with van der Waals surface area (Å²) in [5.74, 6) is 0. The van der Waals surface area contributed by atoms with Gasteiger partial charge in [-0.2, -0.15) is 0 Å². The van der Waals surface area contributed by atoms with Gasteiger partial charge >= 0.3 is 12.2 Å². The summed E-state index contributed by atoms with van der Waals surface area (Å²) in [5.41, 5.74) is 0.558. The number of hydrogen-bond donors (Lipinski definition) is 1. The molecule has 0 aliphatic carbocycles. The van der Waals surface area contributed by atoms with Crippen molar-refractivity contribution in [3.8, 4) is 0 Å². The Labute approximate surface area is 173 Å². The average Bonchev–Trinajstić information content (AvgIpc) is 2.58. The molecule has 0 aromatic heterocycles. The second-order valence-electron chi connectivity index (χ2n) is 9.29. The van der Waals surface area contributed by atoms with E-state index in [1.165, 1.54) is 0 Å². The van der Waals surface area contributed by atoms with Crippen molar-refractivity contribution in [2.24, 2.45) is 0 Å². The molecule has 1 aliphatic rings. The highest BCUT2D eigenvalue weighted by molar-refractivity contribution is 5.88. The minimum atomic E-state index is -0.723. The second-order valence-corrected chi connectivity index (χ2v) is 9.29. The predicted molar refractivity (Wildman–Crippen MR) is 111 cm³/mol. The van der Waals surface area contributed by atoms with E-state index in [9.17, 15) is 9.59 Å². The number of hydrogen-bond acceptors (Lipinski definition) is 6. The van der Waals surface area contributed by atoms with Gasteiger partial charge < -0.3 is 19.5 Å². The molecule has 1 unspecified atom stereocenters. The molecule has 162 valence electrons. The minimum absolute atomic E-state index is 0.0783. The van der Waals surface area contributed by atoms with E-state index in [0.29, 0.717) is 12.6 Å². The van der Waals surface area contributed by atoms with E-state index in [1.54, 1.807) is 41.5 Å². The first kappa shape index (κ1) is 23.2. The fraction of sp³-hybridized carbons (Fsp3) is 0.636. The predicted octanol–water partition coefficient (Wildman–Crippen LogP) is 3.89. The lowest BCUT2D eigenvalue weighted by atomic mass is 10.0. The van der Waals surface area contributed by atoms with Gasteiger partial charge in [-0.15, -0.1) is 0 Å². The van der Waals surface area contributed by atoms with Gasteiger partial charge in [0.25, 0.3) is 0 Å². The Balaban J connectivity index is 2.08. The zero-order valence-electron chi connectivity index (χ0n) is 18.4. The van der Waals surface area contributed by atoms with Crippen molar-refractivity contribution in [2.45, 2.75) is 71.8 Å². The summed E-state index contributed by atoms with van der Waals surface area (Å²) in [7, 11) is 0. The summed E-state index contributed by atoms with van der Waals surface area (Å²) in [6.07, 6.45) is -0.582. The molecule has 0 bridgehead atoms. The van der Waals surface area contributed by atoms with Crippen LogP contribution in [0.4, 0.5) is 9.59 Å². The number of ether oxygens (including phenoxy) is 3. The summed E-state index contributed by atoms with van der Waals surface area (Å²) in [4.78, 5) is 26.2. The number of rotatable bonds is 4. The Hall–Kier alpha value is -2.12. The van der Waals surface area contributed by atoms with Crippen molar-refractivity contribution in [1.82, 2.24) is 10.2 Å². The molecule has 7 heteroatoms. The van der Waals surface area contributed by atoms with E-state index in [1.807, 2.05) is 24.3 Å². The topological polar surface area (TPSA) is 77.1 Å². The monoisotopic (exact) mass is 406 g/mol.